The van der Waals surface area contributed by atoms with Crippen LogP contribution in [-0.2, 0) is 5.41 Å². The Labute approximate surface area is 103 Å². The molecule has 17 heavy (non-hydrogen) atoms. The van der Waals surface area contributed by atoms with Crippen molar-refractivity contribution < 1.29 is 0 Å². The van der Waals surface area contributed by atoms with Crippen LogP contribution in [0.2, 0.25) is 0 Å². The first-order chi connectivity index (χ1) is 8.02. The summed E-state index contributed by atoms with van der Waals surface area (Å²) in [7, 11) is 0. The van der Waals surface area contributed by atoms with Crippen LogP contribution in [0.3, 0.4) is 0 Å². The first-order valence-corrected chi connectivity index (χ1v) is 5.81. The van der Waals surface area contributed by atoms with Gasteiger partial charge in [0.25, 0.3) is 0 Å². The van der Waals surface area contributed by atoms with E-state index in [0.29, 0.717) is 0 Å². The molecule has 0 saturated heterocycles. The summed E-state index contributed by atoms with van der Waals surface area (Å²) in [5.74, 6) is 0. The molecule has 1 heterocycles. The van der Waals surface area contributed by atoms with Gasteiger partial charge in [0.15, 0.2) is 0 Å². The lowest BCUT2D eigenvalue weighted by Crippen LogP contribution is -2.12. The maximum absolute atomic E-state index is 4.67. The maximum Gasteiger partial charge on any atom is 0.0688 e. The highest BCUT2D eigenvalue weighted by Crippen LogP contribution is 2.23. The van der Waals surface area contributed by atoms with Gasteiger partial charge in [0.05, 0.1) is 17.1 Å². The van der Waals surface area contributed by atoms with Crippen LogP contribution in [0.15, 0.2) is 43.0 Å². The Morgan fingerprint density at radius 2 is 1.82 bits per heavy atom. The van der Waals surface area contributed by atoms with E-state index in [-0.39, 0.29) is 5.41 Å². The summed E-state index contributed by atoms with van der Waals surface area (Å²) < 4.78 is 1.94. The summed E-state index contributed by atoms with van der Waals surface area (Å²) in [6.45, 7) is 10.3. The molecular weight excluding hydrogens is 208 g/mol. The first-order valence-electron chi connectivity index (χ1n) is 5.81. The monoisotopic (exact) mass is 226 g/mol. The lowest BCUT2D eigenvalue weighted by Gasteiger charge is -2.14. The molecule has 0 radical (unpaired) electrons. The molecular formula is C15H18N2. The zero-order chi connectivity index (χ0) is 12.5. The first kappa shape index (κ1) is 11.6. The Hall–Kier alpha value is -1.83. The van der Waals surface area contributed by atoms with Gasteiger partial charge in [-0.2, -0.15) is 5.10 Å². The summed E-state index contributed by atoms with van der Waals surface area (Å²) in [4.78, 5) is 0. The molecule has 0 amide bonds. The minimum absolute atomic E-state index is 0.0534. The van der Waals surface area contributed by atoms with Crippen molar-refractivity contribution in [3.63, 3.8) is 0 Å². The number of hydrogen-bond donors (Lipinski definition) is 0. The second-order valence-corrected chi connectivity index (χ2v) is 5.16. The van der Waals surface area contributed by atoms with E-state index in [9.17, 15) is 0 Å². The van der Waals surface area contributed by atoms with Crippen LogP contribution in [0.1, 0.15) is 32.2 Å². The van der Waals surface area contributed by atoms with Crippen molar-refractivity contribution in [1.29, 1.82) is 0 Å². The lowest BCUT2D eigenvalue weighted by atomic mass is 9.92. The molecule has 0 fully saturated rings. The van der Waals surface area contributed by atoms with Crippen molar-refractivity contribution >= 4 is 6.08 Å². The molecule has 0 aliphatic heterocycles. The highest BCUT2D eigenvalue weighted by Gasteiger charge is 2.19. The predicted octanol–water partition coefficient (Wildman–Crippen LogP) is 3.81. The van der Waals surface area contributed by atoms with Crippen molar-refractivity contribution in [2.75, 3.05) is 0 Å². The summed E-state index contributed by atoms with van der Waals surface area (Å²) in [6.07, 6.45) is 1.84. The second kappa shape index (κ2) is 4.21. The molecule has 2 aromatic rings. The SMILES string of the molecule is C=Cc1cc(C(C)(C)C)nn1-c1ccccc1. The fourth-order valence-electron chi connectivity index (χ4n) is 1.68. The van der Waals surface area contributed by atoms with E-state index in [4.69, 9.17) is 0 Å². The quantitative estimate of drug-likeness (QED) is 0.761. The predicted molar refractivity (Wildman–Crippen MR) is 72.4 cm³/mol. The minimum atomic E-state index is 0.0534. The summed E-state index contributed by atoms with van der Waals surface area (Å²) >= 11 is 0. The van der Waals surface area contributed by atoms with Gasteiger partial charge in [-0.15, -0.1) is 0 Å². The van der Waals surface area contributed by atoms with E-state index < -0.39 is 0 Å². The molecule has 1 aromatic carbocycles. The highest BCUT2D eigenvalue weighted by atomic mass is 15.3. The van der Waals surface area contributed by atoms with Gasteiger partial charge >= 0.3 is 0 Å². The van der Waals surface area contributed by atoms with E-state index in [2.05, 4.69) is 38.5 Å². The molecule has 2 heteroatoms. The number of benzene rings is 1. The van der Waals surface area contributed by atoms with Gasteiger partial charge in [-0.05, 0) is 24.3 Å². The van der Waals surface area contributed by atoms with Crippen LogP contribution < -0.4 is 0 Å². The van der Waals surface area contributed by atoms with Gasteiger partial charge in [0, 0.05) is 5.41 Å². The molecule has 1 aromatic heterocycles. The summed E-state index contributed by atoms with van der Waals surface area (Å²) in [6, 6.07) is 12.2. The average Bonchev–Trinajstić information content (AvgIpc) is 2.73. The Morgan fingerprint density at radius 3 is 2.35 bits per heavy atom. The van der Waals surface area contributed by atoms with Crippen LogP contribution >= 0.6 is 0 Å². The topological polar surface area (TPSA) is 17.8 Å². The van der Waals surface area contributed by atoms with Crippen molar-refractivity contribution in [3.8, 4) is 5.69 Å². The van der Waals surface area contributed by atoms with Crippen LogP contribution in [0.5, 0.6) is 0 Å². The van der Waals surface area contributed by atoms with E-state index in [1.807, 2.05) is 41.1 Å². The molecule has 0 aliphatic rings. The van der Waals surface area contributed by atoms with Crippen LogP contribution in [0.25, 0.3) is 11.8 Å². The number of hydrogen-bond acceptors (Lipinski definition) is 1. The fraction of sp³-hybridized carbons (Fsp3) is 0.267. The van der Waals surface area contributed by atoms with Gasteiger partial charge in [0.2, 0.25) is 0 Å². The van der Waals surface area contributed by atoms with Gasteiger partial charge in [-0.25, -0.2) is 4.68 Å². The molecule has 2 nitrogen and oxygen atoms in total. The van der Waals surface area contributed by atoms with E-state index >= 15 is 0 Å². The molecule has 2 rings (SSSR count). The van der Waals surface area contributed by atoms with Crippen molar-refractivity contribution in [1.82, 2.24) is 9.78 Å². The van der Waals surface area contributed by atoms with Crippen molar-refractivity contribution in [2.45, 2.75) is 26.2 Å². The molecule has 0 aliphatic carbocycles. The van der Waals surface area contributed by atoms with Crippen LogP contribution in [0, 0.1) is 0 Å². The van der Waals surface area contributed by atoms with Crippen molar-refractivity contribution in [2.24, 2.45) is 0 Å². The molecule has 0 unspecified atom stereocenters. The van der Waals surface area contributed by atoms with Crippen LogP contribution in [0.4, 0.5) is 0 Å². The van der Waals surface area contributed by atoms with Crippen LogP contribution in [-0.4, -0.2) is 9.78 Å². The van der Waals surface area contributed by atoms with Gasteiger partial charge in [0.1, 0.15) is 0 Å². The zero-order valence-electron chi connectivity index (χ0n) is 10.6. The summed E-state index contributed by atoms with van der Waals surface area (Å²) in [5, 5.41) is 4.67. The lowest BCUT2D eigenvalue weighted by molar-refractivity contribution is 0.560. The number of para-hydroxylation sites is 1. The summed E-state index contributed by atoms with van der Waals surface area (Å²) in [5.41, 5.74) is 3.23. The Morgan fingerprint density at radius 1 is 1.18 bits per heavy atom. The maximum atomic E-state index is 4.67. The average molecular weight is 226 g/mol. The largest absolute Gasteiger partial charge is 0.233 e. The van der Waals surface area contributed by atoms with E-state index in [1.165, 1.54) is 0 Å². The van der Waals surface area contributed by atoms with Gasteiger partial charge < -0.3 is 0 Å². The molecule has 88 valence electrons. The smallest absolute Gasteiger partial charge is 0.0688 e. The van der Waals surface area contributed by atoms with Gasteiger partial charge in [-0.1, -0.05) is 45.5 Å². The molecule has 0 spiro atoms. The fourth-order valence-corrected chi connectivity index (χ4v) is 1.68. The minimum Gasteiger partial charge on any atom is -0.233 e. The zero-order valence-corrected chi connectivity index (χ0v) is 10.6. The Bertz CT molecular complexity index is 516. The normalized spacial score (nSPS) is 11.5. The van der Waals surface area contributed by atoms with E-state index in [0.717, 1.165) is 17.1 Å². The standard InChI is InChI=1S/C15H18N2/c1-5-12-11-14(15(2,3)4)16-17(12)13-9-7-6-8-10-13/h5-11H,1H2,2-4H3. The van der Waals surface area contributed by atoms with Gasteiger partial charge in [-0.3, -0.25) is 0 Å². The third kappa shape index (κ3) is 2.31. The second-order valence-electron chi connectivity index (χ2n) is 5.16. The molecule has 0 N–H and O–H groups in total. The number of rotatable bonds is 2. The highest BCUT2D eigenvalue weighted by molar-refractivity contribution is 5.48. The van der Waals surface area contributed by atoms with Crippen molar-refractivity contribution in [3.05, 3.63) is 54.4 Å². The third-order valence-electron chi connectivity index (χ3n) is 2.72. The number of nitrogens with zero attached hydrogens (tertiary/aromatic N) is 2. The molecule has 0 saturated carbocycles. The molecule has 0 atom stereocenters. The van der Waals surface area contributed by atoms with E-state index in [1.54, 1.807) is 0 Å². The Balaban J connectivity index is 2.55. The number of aromatic nitrogens is 2. The molecule has 0 bridgehead atoms. The Kier molecular flexibility index (Phi) is 2.88. The third-order valence-corrected chi connectivity index (χ3v) is 2.72.